The normalized spacial score (nSPS) is 14.7. The molecule has 1 aromatic rings. The second-order valence-electron chi connectivity index (χ2n) is 4.97. The Kier molecular flexibility index (Phi) is 5.37. The predicted octanol–water partition coefficient (Wildman–Crippen LogP) is 1.03. The largest absolute Gasteiger partial charge is 0.368 e. The van der Waals surface area contributed by atoms with Gasteiger partial charge >= 0.3 is 0 Å². The Hall–Kier alpha value is -2.30. The van der Waals surface area contributed by atoms with Crippen LogP contribution in [0.4, 0.5) is 5.69 Å². The number of benzene rings is 1. The Labute approximate surface area is 125 Å². The van der Waals surface area contributed by atoms with Gasteiger partial charge < -0.3 is 15.1 Å². The molecule has 0 spiro atoms. The number of piperazine rings is 1. The maximum atomic E-state index is 12.0. The van der Waals surface area contributed by atoms with Crippen molar-refractivity contribution in [2.24, 2.45) is 0 Å². The van der Waals surface area contributed by atoms with E-state index in [-0.39, 0.29) is 18.2 Å². The van der Waals surface area contributed by atoms with Crippen LogP contribution in [0.15, 0.2) is 43.0 Å². The monoisotopic (exact) mass is 287 g/mol. The van der Waals surface area contributed by atoms with Crippen LogP contribution >= 0.6 is 0 Å². The highest BCUT2D eigenvalue weighted by atomic mass is 16.2. The van der Waals surface area contributed by atoms with E-state index >= 15 is 0 Å². The highest BCUT2D eigenvalue weighted by molar-refractivity contribution is 5.97. The summed E-state index contributed by atoms with van der Waals surface area (Å²) in [5.74, 6) is -0.352. The number of nitrogens with one attached hydrogen (secondary N) is 1. The van der Waals surface area contributed by atoms with Crippen molar-refractivity contribution >= 4 is 17.5 Å². The number of para-hydroxylation sites is 1. The minimum atomic E-state index is -0.245. The summed E-state index contributed by atoms with van der Waals surface area (Å²) in [4.78, 5) is 27.6. The summed E-state index contributed by atoms with van der Waals surface area (Å²) in [6, 6.07) is 10.2. The Morgan fingerprint density at radius 1 is 1.14 bits per heavy atom. The van der Waals surface area contributed by atoms with Gasteiger partial charge in [-0.05, 0) is 12.1 Å². The minimum absolute atomic E-state index is 0.0841. The highest BCUT2D eigenvalue weighted by Crippen LogP contribution is 2.15. The van der Waals surface area contributed by atoms with E-state index < -0.39 is 0 Å². The van der Waals surface area contributed by atoms with E-state index in [2.05, 4.69) is 28.9 Å². The summed E-state index contributed by atoms with van der Waals surface area (Å²) in [5, 5.41) is 2.62. The zero-order chi connectivity index (χ0) is 15.1. The van der Waals surface area contributed by atoms with Crippen LogP contribution in [-0.2, 0) is 9.59 Å². The molecule has 0 saturated carbocycles. The maximum Gasteiger partial charge on any atom is 0.232 e. The van der Waals surface area contributed by atoms with Gasteiger partial charge in [-0.2, -0.15) is 0 Å². The van der Waals surface area contributed by atoms with Crippen LogP contribution in [-0.4, -0.2) is 49.4 Å². The van der Waals surface area contributed by atoms with Crippen molar-refractivity contribution in [3.05, 3.63) is 43.0 Å². The Bertz CT molecular complexity index is 494. The molecule has 5 nitrogen and oxygen atoms in total. The number of amides is 2. The maximum absolute atomic E-state index is 12.0. The Morgan fingerprint density at radius 3 is 2.43 bits per heavy atom. The van der Waals surface area contributed by atoms with Crippen LogP contribution in [0.5, 0.6) is 0 Å². The third-order valence-electron chi connectivity index (χ3n) is 3.51. The molecule has 21 heavy (non-hydrogen) atoms. The van der Waals surface area contributed by atoms with Gasteiger partial charge in [0.05, 0.1) is 0 Å². The van der Waals surface area contributed by atoms with Crippen molar-refractivity contribution in [2.75, 3.05) is 37.6 Å². The Balaban J connectivity index is 1.79. The zero-order valence-electron chi connectivity index (χ0n) is 12.1. The lowest BCUT2D eigenvalue weighted by atomic mass is 10.2. The fraction of sp³-hybridized carbons (Fsp3) is 0.375. The average molecular weight is 287 g/mol. The summed E-state index contributed by atoms with van der Waals surface area (Å²) in [6.07, 6.45) is 1.51. The van der Waals surface area contributed by atoms with Crippen LogP contribution in [0.1, 0.15) is 6.42 Å². The highest BCUT2D eigenvalue weighted by Gasteiger charge is 2.22. The van der Waals surface area contributed by atoms with Gasteiger partial charge in [-0.1, -0.05) is 24.3 Å². The van der Waals surface area contributed by atoms with Gasteiger partial charge in [0.1, 0.15) is 6.42 Å². The molecule has 1 saturated heterocycles. The summed E-state index contributed by atoms with van der Waals surface area (Å²) >= 11 is 0. The number of carbonyl (C=O) groups excluding carboxylic acids is 2. The lowest BCUT2D eigenvalue weighted by Gasteiger charge is -2.36. The molecular formula is C16H21N3O2. The van der Waals surface area contributed by atoms with Crippen LogP contribution in [0.25, 0.3) is 0 Å². The van der Waals surface area contributed by atoms with E-state index in [9.17, 15) is 9.59 Å². The summed E-state index contributed by atoms with van der Waals surface area (Å²) in [6.45, 7) is 6.82. The van der Waals surface area contributed by atoms with Crippen molar-refractivity contribution in [3.63, 3.8) is 0 Å². The first-order valence-corrected chi connectivity index (χ1v) is 7.16. The molecule has 1 heterocycles. The van der Waals surface area contributed by atoms with Crippen molar-refractivity contribution < 1.29 is 9.59 Å². The smallest absolute Gasteiger partial charge is 0.232 e. The van der Waals surface area contributed by atoms with E-state index in [1.807, 2.05) is 18.2 Å². The van der Waals surface area contributed by atoms with Gasteiger partial charge in [0.2, 0.25) is 11.8 Å². The van der Waals surface area contributed by atoms with Gasteiger partial charge in [-0.3, -0.25) is 9.59 Å². The van der Waals surface area contributed by atoms with Crippen LogP contribution in [0.3, 0.4) is 0 Å². The SMILES string of the molecule is C=CCNC(=O)CC(=O)N1CCN(c2ccccc2)CC1. The van der Waals surface area contributed by atoms with Crippen molar-refractivity contribution in [2.45, 2.75) is 6.42 Å². The average Bonchev–Trinajstić information content (AvgIpc) is 2.54. The van der Waals surface area contributed by atoms with Gasteiger partial charge in [0, 0.05) is 38.4 Å². The summed E-state index contributed by atoms with van der Waals surface area (Å²) in [7, 11) is 0. The van der Waals surface area contributed by atoms with E-state index in [1.54, 1.807) is 11.0 Å². The van der Waals surface area contributed by atoms with Gasteiger partial charge in [0.25, 0.3) is 0 Å². The van der Waals surface area contributed by atoms with E-state index in [4.69, 9.17) is 0 Å². The second kappa shape index (κ2) is 7.47. The molecule has 1 aliphatic rings. The molecule has 1 N–H and O–H groups in total. The molecule has 1 aliphatic heterocycles. The Morgan fingerprint density at radius 2 is 1.81 bits per heavy atom. The molecule has 5 heteroatoms. The number of hydrogen-bond acceptors (Lipinski definition) is 3. The van der Waals surface area contributed by atoms with Crippen LogP contribution in [0, 0.1) is 0 Å². The zero-order valence-corrected chi connectivity index (χ0v) is 12.1. The summed E-state index contributed by atoms with van der Waals surface area (Å²) < 4.78 is 0. The van der Waals surface area contributed by atoms with Crippen LogP contribution < -0.4 is 10.2 Å². The number of rotatable bonds is 5. The standard InChI is InChI=1S/C16H21N3O2/c1-2-8-17-15(20)13-16(21)19-11-9-18(10-12-19)14-6-4-3-5-7-14/h2-7H,1,8-13H2,(H,17,20). The number of nitrogens with zero attached hydrogens (tertiary/aromatic N) is 2. The molecule has 1 fully saturated rings. The van der Waals surface area contributed by atoms with Crippen LogP contribution in [0.2, 0.25) is 0 Å². The van der Waals surface area contributed by atoms with E-state index in [0.29, 0.717) is 19.6 Å². The molecule has 0 unspecified atom stereocenters. The van der Waals surface area contributed by atoms with Gasteiger partial charge in [-0.15, -0.1) is 6.58 Å². The van der Waals surface area contributed by atoms with Gasteiger partial charge in [0.15, 0.2) is 0 Å². The van der Waals surface area contributed by atoms with E-state index in [1.165, 1.54) is 5.69 Å². The molecule has 1 aromatic carbocycles. The second-order valence-corrected chi connectivity index (χ2v) is 4.97. The molecule has 112 valence electrons. The summed E-state index contributed by atoms with van der Waals surface area (Å²) in [5.41, 5.74) is 1.17. The molecule has 0 aliphatic carbocycles. The quantitative estimate of drug-likeness (QED) is 0.650. The molecule has 0 bridgehead atoms. The molecular weight excluding hydrogens is 266 g/mol. The molecule has 0 radical (unpaired) electrons. The van der Waals surface area contributed by atoms with Crippen molar-refractivity contribution in [3.8, 4) is 0 Å². The predicted molar refractivity (Wildman–Crippen MR) is 83.1 cm³/mol. The minimum Gasteiger partial charge on any atom is -0.368 e. The van der Waals surface area contributed by atoms with Crippen molar-refractivity contribution in [1.29, 1.82) is 0 Å². The van der Waals surface area contributed by atoms with E-state index in [0.717, 1.165) is 13.1 Å². The fourth-order valence-electron chi connectivity index (χ4n) is 2.35. The first-order chi connectivity index (χ1) is 10.2. The lowest BCUT2D eigenvalue weighted by Crippen LogP contribution is -2.49. The lowest BCUT2D eigenvalue weighted by molar-refractivity contribution is -0.136. The van der Waals surface area contributed by atoms with Crippen molar-refractivity contribution in [1.82, 2.24) is 10.2 Å². The third-order valence-corrected chi connectivity index (χ3v) is 3.51. The molecule has 2 rings (SSSR count). The molecule has 0 atom stereocenters. The topological polar surface area (TPSA) is 52.7 Å². The van der Waals surface area contributed by atoms with Gasteiger partial charge in [-0.25, -0.2) is 0 Å². The fourth-order valence-corrected chi connectivity index (χ4v) is 2.35. The first kappa shape index (κ1) is 15.1. The molecule has 0 aromatic heterocycles. The third kappa shape index (κ3) is 4.34. The number of carbonyl (C=O) groups is 2. The molecule has 2 amide bonds. The first-order valence-electron chi connectivity index (χ1n) is 7.16. The number of hydrogen-bond donors (Lipinski definition) is 1. The number of anilines is 1.